The second kappa shape index (κ2) is 5.92. The fraction of sp³-hybridized carbons (Fsp3) is 0.118. The molecule has 0 fully saturated rings. The number of ether oxygens (including phenoxy) is 1. The van der Waals surface area contributed by atoms with Crippen LogP contribution in [0.3, 0.4) is 0 Å². The van der Waals surface area contributed by atoms with E-state index in [0.717, 1.165) is 22.0 Å². The average molecular weight is 318 g/mol. The minimum Gasteiger partial charge on any atom is -0.439 e. The predicted molar refractivity (Wildman–Crippen MR) is 87.6 cm³/mol. The standard InChI is InChI=1S/C17H13Cl2NO/c1-11-8-14(6-7-15(11)19)21-17-13(10-18)9-12-4-2-3-5-16(12)20-17/h2-9H,10H2,1H3. The van der Waals surface area contributed by atoms with Crippen LogP contribution < -0.4 is 4.74 Å². The zero-order chi connectivity index (χ0) is 14.8. The fourth-order valence-electron chi connectivity index (χ4n) is 2.12. The summed E-state index contributed by atoms with van der Waals surface area (Å²) in [5.74, 6) is 1.58. The van der Waals surface area contributed by atoms with Crippen molar-refractivity contribution >= 4 is 34.1 Å². The van der Waals surface area contributed by atoms with Crippen molar-refractivity contribution in [2.45, 2.75) is 12.8 Å². The van der Waals surface area contributed by atoms with Gasteiger partial charge in [0.2, 0.25) is 5.88 Å². The lowest BCUT2D eigenvalue weighted by atomic mass is 10.1. The van der Waals surface area contributed by atoms with Gasteiger partial charge in [-0.3, -0.25) is 0 Å². The van der Waals surface area contributed by atoms with Gasteiger partial charge < -0.3 is 4.74 Å². The number of alkyl halides is 1. The van der Waals surface area contributed by atoms with Crippen molar-refractivity contribution < 1.29 is 4.74 Å². The molecule has 0 saturated heterocycles. The Balaban J connectivity index is 2.04. The van der Waals surface area contributed by atoms with Crippen LogP contribution in [0.5, 0.6) is 11.6 Å². The molecule has 3 rings (SSSR count). The molecule has 0 aliphatic carbocycles. The van der Waals surface area contributed by atoms with E-state index in [1.165, 1.54) is 0 Å². The maximum absolute atomic E-state index is 6.03. The maximum atomic E-state index is 6.03. The van der Waals surface area contributed by atoms with Gasteiger partial charge in [0.05, 0.1) is 11.4 Å². The third-order valence-electron chi connectivity index (χ3n) is 3.25. The highest BCUT2D eigenvalue weighted by Crippen LogP contribution is 2.30. The summed E-state index contributed by atoms with van der Waals surface area (Å²) in [5, 5.41) is 1.76. The van der Waals surface area contributed by atoms with Gasteiger partial charge in [0.25, 0.3) is 0 Å². The van der Waals surface area contributed by atoms with Gasteiger partial charge in [0, 0.05) is 16.0 Å². The van der Waals surface area contributed by atoms with E-state index in [0.29, 0.717) is 22.5 Å². The molecule has 0 spiro atoms. The number of hydrogen-bond acceptors (Lipinski definition) is 2. The van der Waals surface area contributed by atoms with Crippen molar-refractivity contribution in [2.24, 2.45) is 0 Å². The molecule has 0 amide bonds. The molecule has 0 aliphatic heterocycles. The minimum atomic E-state index is 0.347. The van der Waals surface area contributed by atoms with Gasteiger partial charge in [-0.15, -0.1) is 11.6 Å². The fourth-order valence-corrected chi connectivity index (χ4v) is 2.43. The molecule has 0 unspecified atom stereocenters. The Hall–Kier alpha value is -1.77. The summed E-state index contributed by atoms with van der Waals surface area (Å²) in [6, 6.07) is 15.4. The quantitative estimate of drug-likeness (QED) is 0.576. The van der Waals surface area contributed by atoms with Gasteiger partial charge in [-0.05, 0) is 42.8 Å². The van der Waals surface area contributed by atoms with Crippen LogP contribution in [0.2, 0.25) is 5.02 Å². The number of para-hydroxylation sites is 1. The molecule has 3 aromatic rings. The SMILES string of the molecule is Cc1cc(Oc2nc3ccccc3cc2CCl)ccc1Cl. The lowest BCUT2D eigenvalue weighted by Crippen LogP contribution is -1.94. The van der Waals surface area contributed by atoms with Crippen molar-refractivity contribution in [1.82, 2.24) is 4.98 Å². The first-order valence-electron chi connectivity index (χ1n) is 6.56. The molecule has 106 valence electrons. The molecule has 0 atom stereocenters. The molecule has 1 heterocycles. The van der Waals surface area contributed by atoms with Crippen LogP contribution in [-0.4, -0.2) is 4.98 Å². The smallest absolute Gasteiger partial charge is 0.224 e. The molecule has 2 nitrogen and oxygen atoms in total. The second-order valence-electron chi connectivity index (χ2n) is 4.79. The highest BCUT2D eigenvalue weighted by atomic mass is 35.5. The van der Waals surface area contributed by atoms with E-state index in [1.54, 1.807) is 0 Å². The summed E-state index contributed by atoms with van der Waals surface area (Å²) in [6.45, 7) is 1.94. The number of nitrogens with zero attached hydrogens (tertiary/aromatic N) is 1. The van der Waals surface area contributed by atoms with Gasteiger partial charge in [-0.2, -0.15) is 0 Å². The molecule has 1 aromatic heterocycles. The summed E-state index contributed by atoms with van der Waals surface area (Å²) >= 11 is 12.0. The number of benzene rings is 2. The summed E-state index contributed by atoms with van der Waals surface area (Å²) in [6.07, 6.45) is 0. The molecule has 0 radical (unpaired) electrons. The van der Waals surface area contributed by atoms with Gasteiger partial charge in [0.1, 0.15) is 5.75 Å². The first kappa shape index (κ1) is 14.2. The monoisotopic (exact) mass is 317 g/mol. The van der Waals surface area contributed by atoms with Crippen molar-refractivity contribution in [3.63, 3.8) is 0 Å². The number of fused-ring (bicyclic) bond motifs is 1. The number of aromatic nitrogens is 1. The molecule has 2 aromatic carbocycles. The molecular weight excluding hydrogens is 305 g/mol. The molecule has 4 heteroatoms. The number of pyridine rings is 1. The minimum absolute atomic E-state index is 0.347. The predicted octanol–water partition coefficient (Wildman–Crippen LogP) is 5.73. The number of halogens is 2. The van der Waals surface area contributed by atoms with Crippen LogP contribution in [0.15, 0.2) is 48.5 Å². The zero-order valence-corrected chi connectivity index (χ0v) is 12.9. The third-order valence-corrected chi connectivity index (χ3v) is 3.96. The van der Waals surface area contributed by atoms with Gasteiger partial charge in [-0.25, -0.2) is 4.98 Å². The summed E-state index contributed by atoms with van der Waals surface area (Å²) < 4.78 is 5.89. The molecule has 0 aliphatic rings. The van der Waals surface area contributed by atoms with E-state index >= 15 is 0 Å². The Morgan fingerprint density at radius 2 is 1.90 bits per heavy atom. The lowest BCUT2D eigenvalue weighted by molar-refractivity contribution is 0.460. The number of rotatable bonds is 3. The molecule has 0 N–H and O–H groups in total. The van der Waals surface area contributed by atoms with E-state index in [1.807, 2.05) is 55.5 Å². The number of hydrogen-bond donors (Lipinski definition) is 0. The lowest BCUT2D eigenvalue weighted by Gasteiger charge is -2.11. The van der Waals surface area contributed by atoms with E-state index in [2.05, 4.69) is 4.98 Å². The highest BCUT2D eigenvalue weighted by Gasteiger charge is 2.09. The van der Waals surface area contributed by atoms with Crippen molar-refractivity contribution in [3.05, 3.63) is 64.7 Å². The van der Waals surface area contributed by atoms with Crippen LogP contribution >= 0.6 is 23.2 Å². The van der Waals surface area contributed by atoms with Crippen molar-refractivity contribution in [1.29, 1.82) is 0 Å². The Morgan fingerprint density at radius 3 is 2.67 bits per heavy atom. The largest absolute Gasteiger partial charge is 0.439 e. The molecule has 0 bridgehead atoms. The topological polar surface area (TPSA) is 22.1 Å². The third kappa shape index (κ3) is 2.97. The summed E-state index contributed by atoms with van der Waals surface area (Å²) in [5.41, 5.74) is 2.71. The van der Waals surface area contributed by atoms with Crippen LogP contribution in [0, 0.1) is 6.92 Å². The van der Waals surface area contributed by atoms with Gasteiger partial charge >= 0.3 is 0 Å². The average Bonchev–Trinajstić information content (AvgIpc) is 2.50. The Morgan fingerprint density at radius 1 is 1.10 bits per heavy atom. The Bertz CT molecular complexity index is 802. The molecular formula is C17H13Cl2NO. The molecule has 0 saturated carbocycles. The normalized spacial score (nSPS) is 10.8. The van der Waals surface area contributed by atoms with Crippen molar-refractivity contribution in [3.8, 4) is 11.6 Å². The van der Waals surface area contributed by atoms with E-state index in [-0.39, 0.29) is 0 Å². The van der Waals surface area contributed by atoms with Crippen LogP contribution in [0.25, 0.3) is 10.9 Å². The van der Waals surface area contributed by atoms with E-state index < -0.39 is 0 Å². The van der Waals surface area contributed by atoms with E-state index in [4.69, 9.17) is 27.9 Å². The first-order valence-corrected chi connectivity index (χ1v) is 7.47. The summed E-state index contributed by atoms with van der Waals surface area (Å²) in [7, 11) is 0. The van der Waals surface area contributed by atoms with Crippen LogP contribution in [0.1, 0.15) is 11.1 Å². The Labute approximate surface area is 133 Å². The summed E-state index contributed by atoms with van der Waals surface area (Å²) in [4.78, 5) is 4.55. The second-order valence-corrected chi connectivity index (χ2v) is 5.47. The van der Waals surface area contributed by atoms with Crippen molar-refractivity contribution in [2.75, 3.05) is 0 Å². The highest BCUT2D eigenvalue weighted by molar-refractivity contribution is 6.31. The van der Waals surface area contributed by atoms with Crippen LogP contribution in [0.4, 0.5) is 0 Å². The Kier molecular flexibility index (Phi) is 4.00. The first-order chi connectivity index (χ1) is 10.2. The van der Waals surface area contributed by atoms with Gasteiger partial charge in [-0.1, -0.05) is 29.8 Å². The van der Waals surface area contributed by atoms with Gasteiger partial charge in [0.15, 0.2) is 0 Å². The number of aryl methyl sites for hydroxylation is 1. The maximum Gasteiger partial charge on any atom is 0.224 e. The van der Waals surface area contributed by atoms with E-state index in [9.17, 15) is 0 Å². The van der Waals surface area contributed by atoms with Crippen LogP contribution in [-0.2, 0) is 5.88 Å². The zero-order valence-electron chi connectivity index (χ0n) is 11.4. The molecule has 21 heavy (non-hydrogen) atoms.